The van der Waals surface area contributed by atoms with Crippen LogP contribution in [-0.2, 0) is 32.1 Å². The molecule has 10 rings (SSSR count). The molecule has 0 aromatic heterocycles. The van der Waals surface area contributed by atoms with E-state index in [0.717, 1.165) is 24.2 Å². The van der Waals surface area contributed by atoms with Crippen LogP contribution in [0.3, 0.4) is 0 Å². The Bertz CT molecular complexity index is 1920. The summed E-state index contributed by atoms with van der Waals surface area (Å²) in [4.78, 5) is 0. The maximum atomic E-state index is 2.69. The molecule has 4 bridgehead atoms. The molecule has 6 aliphatic carbocycles. The van der Waals surface area contributed by atoms with E-state index in [1.54, 1.807) is 14.3 Å². The van der Waals surface area contributed by atoms with Crippen molar-refractivity contribution < 1.29 is 21.3 Å². The first-order valence-electron chi connectivity index (χ1n) is 19.5. The zero-order valence-electron chi connectivity index (χ0n) is 31.2. The quantitative estimate of drug-likeness (QED) is 0.192. The van der Waals surface area contributed by atoms with Gasteiger partial charge in [0.2, 0.25) is 0 Å². The van der Waals surface area contributed by atoms with Gasteiger partial charge in [-0.15, -0.1) is 0 Å². The second kappa shape index (κ2) is 12.1. The molecule has 0 spiro atoms. The van der Waals surface area contributed by atoms with Crippen molar-refractivity contribution in [3.63, 3.8) is 0 Å². The number of allylic oxidation sites excluding steroid dienone is 4. The van der Waals surface area contributed by atoms with Crippen LogP contribution in [0.15, 0.2) is 118 Å². The van der Waals surface area contributed by atoms with Crippen molar-refractivity contribution in [2.24, 2.45) is 23.2 Å². The molecule has 4 saturated carbocycles. The minimum atomic E-state index is -2.90. The summed E-state index contributed by atoms with van der Waals surface area (Å²) in [7, 11) is 0. The predicted octanol–water partition coefficient (Wildman–Crippen LogP) is 12.7. The van der Waals surface area contributed by atoms with Crippen molar-refractivity contribution in [1.29, 1.82) is 0 Å². The molecule has 1 heteroatoms. The maximum absolute atomic E-state index is 2.90. The molecule has 0 radical (unpaired) electrons. The predicted molar refractivity (Wildman–Crippen MR) is 209 cm³/mol. The summed E-state index contributed by atoms with van der Waals surface area (Å²) in [6.07, 6.45) is 15.2. The third-order valence-electron chi connectivity index (χ3n) is 13.3. The third-order valence-corrected chi connectivity index (χ3v) is 21.8. The van der Waals surface area contributed by atoms with E-state index in [0.29, 0.717) is 9.04 Å². The van der Waals surface area contributed by atoms with Gasteiger partial charge in [-0.05, 0) is 0 Å². The molecule has 6 aliphatic rings. The Morgan fingerprint density at radius 3 is 1.50 bits per heavy atom. The zero-order valence-corrected chi connectivity index (χ0v) is 33.6. The van der Waals surface area contributed by atoms with Gasteiger partial charge in [-0.2, -0.15) is 0 Å². The molecule has 0 N–H and O–H groups in total. The van der Waals surface area contributed by atoms with E-state index in [2.05, 4.69) is 151 Å². The van der Waals surface area contributed by atoms with Gasteiger partial charge in [-0.25, -0.2) is 0 Å². The van der Waals surface area contributed by atoms with Crippen LogP contribution < -0.4 is 0 Å². The van der Waals surface area contributed by atoms with E-state index >= 15 is 0 Å². The zero-order chi connectivity index (χ0) is 34.4. The van der Waals surface area contributed by atoms with Crippen molar-refractivity contribution in [2.75, 3.05) is 0 Å². The van der Waals surface area contributed by atoms with Crippen molar-refractivity contribution in [1.82, 2.24) is 0 Å². The van der Waals surface area contributed by atoms with Crippen LogP contribution in [0.1, 0.15) is 123 Å². The number of hydrogen-bond acceptors (Lipinski definition) is 0. The molecule has 0 amide bonds. The molecule has 254 valence electrons. The molecule has 0 atom stereocenters. The molecule has 0 saturated heterocycles. The third kappa shape index (κ3) is 5.52. The average molecular weight is 734 g/mol. The Balaban J connectivity index is 1.40. The van der Waals surface area contributed by atoms with Gasteiger partial charge in [-0.1, -0.05) is 0 Å². The van der Waals surface area contributed by atoms with Crippen molar-refractivity contribution >= 4 is 3.21 Å². The Morgan fingerprint density at radius 2 is 1.06 bits per heavy atom. The van der Waals surface area contributed by atoms with E-state index in [4.69, 9.17) is 0 Å². The fraction of sp³-hybridized carbons (Fsp3) is 0.408. The second-order valence-electron chi connectivity index (χ2n) is 18.8. The van der Waals surface area contributed by atoms with E-state index in [-0.39, 0.29) is 10.8 Å². The van der Waals surface area contributed by atoms with Gasteiger partial charge in [0.05, 0.1) is 0 Å². The normalized spacial score (nSPS) is 25.3. The first-order chi connectivity index (χ1) is 24.0. The van der Waals surface area contributed by atoms with Gasteiger partial charge in [0.15, 0.2) is 0 Å². The summed E-state index contributed by atoms with van der Waals surface area (Å²) in [5.74, 6) is 2.83. The van der Waals surface area contributed by atoms with Crippen molar-refractivity contribution in [2.45, 2.75) is 101 Å². The standard InChI is InChI=1S/C21H25.C15H19.C13H10.Zr/c1-20(2,3)16-7-9-18-14(12-16)11-15-13-17(21(4,5)6)8-10-19(15)18;1-2-4-14(3-1)15-8-11-5-12(9-15)7-13(6-11)10-15;1-3-7-12(8-4-1)11-13-9-5-2-6-10-13;/h7-13H,1-6H3;1,3,11-13H,2,5-10H2;1-10H;. The van der Waals surface area contributed by atoms with Crippen LogP contribution >= 0.6 is 0 Å². The van der Waals surface area contributed by atoms with Gasteiger partial charge in [-0.3, -0.25) is 0 Å². The SMILES string of the molecule is CC(C)(C)c1ccc2c(c1)[CH]([Zr]([C]1=C(C34CC5CC(CC(C5)C3)C4)C=CC1)=[C](c1ccccc1)c1ccccc1)c1cc(C(C)(C)C)ccc1-2. The molecule has 4 fully saturated rings. The van der Waals surface area contributed by atoms with Crippen molar-refractivity contribution in [3.8, 4) is 11.1 Å². The fourth-order valence-corrected chi connectivity index (χ4v) is 21.1. The van der Waals surface area contributed by atoms with Crippen LogP contribution in [0, 0.1) is 23.2 Å². The Labute approximate surface area is 309 Å². The molecular weight excluding hydrogens is 680 g/mol. The number of hydrogen-bond donors (Lipinski definition) is 0. The van der Waals surface area contributed by atoms with Gasteiger partial charge in [0.1, 0.15) is 0 Å². The topological polar surface area (TPSA) is 0 Å². The first kappa shape index (κ1) is 33.0. The number of rotatable bonds is 5. The molecule has 4 aromatic rings. The van der Waals surface area contributed by atoms with Crippen LogP contribution in [-0.4, -0.2) is 3.21 Å². The molecular formula is C49H54Zr. The van der Waals surface area contributed by atoms with Crippen LogP contribution in [0.25, 0.3) is 11.1 Å². The second-order valence-corrected chi connectivity index (χ2v) is 24.9. The summed E-state index contributed by atoms with van der Waals surface area (Å²) in [5.41, 5.74) is 14.4. The van der Waals surface area contributed by atoms with Gasteiger partial charge in [0, 0.05) is 0 Å². The summed E-state index contributed by atoms with van der Waals surface area (Å²) < 4.78 is 4.03. The molecule has 4 aromatic carbocycles. The van der Waals surface area contributed by atoms with Crippen LogP contribution in [0.2, 0.25) is 0 Å². The summed E-state index contributed by atoms with van der Waals surface area (Å²) in [5, 5.41) is 0. The van der Waals surface area contributed by atoms with Crippen LogP contribution in [0.4, 0.5) is 0 Å². The monoisotopic (exact) mass is 732 g/mol. The minimum absolute atomic E-state index is 0.0956. The molecule has 0 heterocycles. The van der Waals surface area contributed by atoms with E-state index in [1.165, 1.54) is 71.9 Å². The molecule has 0 nitrogen and oxygen atoms in total. The van der Waals surface area contributed by atoms with Crippen molar-refractivity contribution in [3.05, 3.63) is 151 Å². The molecule has 0 unspecified atom stereocenters. The summed E-state index contributed by atoms with van der Waals surface area (Å²) in [6, 6.07) is 38.5. The average Bonchev–Trinajstić information content (AvgIpc) is 3.70. The fourth-order valence-electron chi connectivity index (χ4n) is 11.4. The Hall–Kier alpha value is -2.89. The van der Waals surface area contributed by atoms with Crippen LogP contribution in [0.5, 0.6) is 0 Å². The first-order valence-corrected chi connectivity index (χ1v) is 23.4. The van der Waals surface area contributed by atoms with E-state index in [1.807, 2.05) is 8.85 Å². The number of benzene rings is 4. The molecule has 0 aliphatic heterocycles. The van der Waals surface area contributed by atoms with E-state index in [9.17, 15) is 0 Å². The van der Waals surface area contributed by atoms with E-state index < -0.39 is 21.3 Å². The number of fused-ring (bicyclic) bond motifs is 3. The molecule has 50 heavy (non-hydrogen) atoms. The summed E-state index contributed by atoms with van der Waals surface area (Å²) >= 11 is -2.90. The van der Waals surface area contributed by atoms with Gasteiger partial charge < -0.3 is 0 Å². The summed E-state index contributed by atoms with van der Waals surface area (Å²) in [6.45, 7) is 14.4. The Kier molecular flexibility index (Phi) is 7.97. The van der Waals surface area contributed by atoms with Gasteiger partial charge >= 0.3 is 311 Å². The Morgan fingerprint density at radius 1 is 0.600 bits per heavy atom. The van der Waals surface area contributed by atoms with Gasteiger partial charge in [0.25, 0.3) is 0 Å².